The van der Waals surface area contributed by atoms with Gasteiger partial charge in [0.25, 0.3) is 10.0 Å². The Morgan fingerprint density at radius 3 is 2.71 bits per heavy atom. The number of nitrogens with zero attached hydrogens (tertiary/aromatic N) is 1. The maximum Gasteiger partial charge on any atom is 0.276 e. The van der Waals surface area contributed by atoms with E-state index in [0.717, 1.165) is 12.8 Å². The van der Waals surface area contributed by atoms with Gasteiger partial charge >= 0.3 is 0 Å². The molecule has 118 valence electrons. The molecule has 0 radical (unpaired) electrons. The Morgan fingerprint density at radius 1 is 1.24 bits per heavy atom. The summed E-state index contributed by atoms with van der Waals surface area (Å²) in [6, 6.07) is 3.51. The Morgan fingerprint density at radius 2 is 2.00 bits per heavy atom. The number of nitrogens with one attached hydrogen (secondary N) is 1. The number of sulfonamides is 1. The molecule has 1 saturated heterocycles. The first-order chi connectivity index (χ1) is 10.1. The van der Waals surface area contributed by atoms with Crippen LogP contribution in [-0.2, 0) is 16.6 Å². The van der Waals surface area contributed by atoms with E-state index in [1.165, 1.54) is 25.7 Å². The van der Waals surface area contributed by atoms with Crippen molar-refractivity contribution < 1.29 is 12.8 Å². The van der Waals surface area contributed by atoms with Crippen LogP contribution in [0.25, 0.3) is 0 Å². The average molecular weight is 312 g/mol. The molecule has 1 saturated carbocycles. The third-order valence-electron chi connectivity index (χ3n) is 4.74. The zero-order valence-electron chi connectivity index (χ0n) is 12.5. The Labute approximate surface area is 126 Å². The quantitative estimate of drug-likeness (QED) is 0.906. The van der Waals surface area contributed by atoms with Gasteiger partial charge in [0.1, 0.15) is 5.76 Å². The van der Waals surface area contributed by atoms with Gasteiger partial charge in [-0.05, 0) is 50.8 Å². The molecule has 6 heteroatoms. The van der Waals surface area contributed by atoms with Gasteiger partial charge in [0.2, 0.25) is 5.09 Å². The van der Waals surface area contributed by atoms with E-state index in [4.69, 9.17) is 4.42 Å². The van der Waals surface area contributed by atoms with Crippen LogP contribution in [0.5, 0.6) is 0 Å². The van der Waals surface area contributed by atoms with E-state index >= 15 is 0 Å². The van der Waals surface area contributed by atoms with Crippen molar-refractivity contribution in [1.82, 2.24) is 9.62 Å². The minimum Gasteiger partial charge on any atom is -0.447 e. The van der Waals surface area contributed by atoms with E-state index in [0.29, 0.717) is 24.8 Å². The largest absolute Gasteiger partial charge is 0.447 e. The summed E-state index contributed by atoms with van der Waals surface area (Å²) in [5.41, 5.74) is 0. The fourth-order valence-corrected chi connectivity index (χ4v) is 5.45. The lowest BCUT2D eigenvalue weighted by molar-refractivity contribution is 0.280. The molecule has 2 aliphatic rings. The minimum absolute atomic E-state index is 0.0950. The fourth-order valence-electron chi connectivity index (χ4n) is 3.76. The minimum atomic E-state index is -3.48. The summed E-state index contributed by atoms with van der Waals surface area (Å²) in [6.07, 6.45) is 6.77. The van der Waals surface area contributed by atoms with Gasteiger partial charge in [-0.2, -0.15) is 4.31 Å². The monoisotopic (exact) mass is 312 g/mol. The zero-order valence-corrected chi connectivity index (χ0v) is 13.4. The molecule has 3 rings (SSSR count). The highest BCUT2D eigenvalue weighted by Crippen LogP contribution is 2.38. The van der Waals surface area contributed by atoms with Crippen LogP contribution >= 0.6 is 0 Å². The summed E-state index contributed by atoms with van der Waals surface area (Å²) in [5, 5.41) is 3.06. The first-order valence-electron chi connectivity index (χ1n) is 7.88. The van der Waals surface area contributed by atoms with Crippen LogP contribution in [0.1, 0.15) is 44.3 Å². The van der Waals surface area contributed by atoms with Crippen molar-refractivity contribution in [1.29, 1.82) is 0 Å². The van der Waals surface area contributed by atoms with Gasteiger partial charge in [0.15, 0.2) is 0 Å². The van der Waals surface area contributed by atoms with Crippen molar-refractivity contribution in [3.8, 4) is 0 Å². The molecule has 1 aliphatic heterocycles. The van der Waals surface area contributed by atoms with E-state index in [1.54, 1.807) is 16.4 Å². The van der Waals surface area contributed by atoms with Crippen molar-refractivity contribution >= 4 is 10.0 Å². The molecule has 2 fully saturated rings. The fraction of sp³-hybridized carbons (Fsp3) is 0.733. The summed E-state index contributed by atoms with van der Waals surface area (Å²) in [6.45, 7) is 1.17. The van der Waals surface area contributed by atoms with Crippen LogP contribution in [-0.4, -0.2) is 32.4 Å². The molecule has 1 unspecified atom stereocenters. The van der Waals surface area contributed by atoms with Crippen LogP contribution in [0.2, 0.25) is 0 Å². The maximum atomic E-state index is 12.8. The number of furan rings is 1. The first kappa shape index (κ1) is 15.1. The second kappa shape index (κ2) is 6.10. The Hall–Kier alpha value is -0.850. The van der Waals surface area contributed by atoms with Crippen LogP contribution < -0.4 is 5.32 Å². The summed E-state index contributed by atoms with van der Waals surface area (Å²) < 4.78 is 32.9. The van der Waals surface area contributed by atoms with E-state index in [-0.39, 0.29) is 11.1 Å². The van der Waals surface area contributed by atoms with Crippen molar-refractivity contribution in [2.45, 2.75) is 56.2 Å². The zero-order chi connectivity index (χ0) is 14.9. The average Bonchev–Trinajstić information content (AvgIpc) is 3.20. The summed E-state index contributed by atoms with van der Waals surface area (Å²) in [4.78, 5) is 0. The molecule has 0 aromatic carbocycles. The second-order valence-electron chi connectivity index (χ2n) is 6.12. The lowest BCUT2D eigenvalue weighted by Gasteiger charge is -2.27. The lowest BCUT2D eigenvalue weighted by atomic mass is 9.97. The molecule has 1 aromatic rings. The summed E-state index contributed by atoms with van der Waals surface area (Å²) in [7, 11) is -1.67. The molecule has 1 aromatic heterocycles. The predicted octanol–water partition coefficient (Wildman–Crippen LogP) is 2.34. The summed E-state index contributed by atoms with van der Waals surface area (Å²) >= 11 is 0. The molecule has 2 heterocycles. The molecular weight excluding hydrogens is 288 g/mol. The van der Waals surface area contributed by atoms with Gasteiger partial charge < -0.3 is 9.73 Å². The Balaban J connectivity index is 1.82. The van der Waals surface area contributed by atoms with Gasteiger partial charge in [-0.3, -0.25) is 0 Å². The van der Waals surface area contributed by atoms with Crippen LogP contribution in [0, 0.1) is 5.92 Å². The normalized spacial score (nSPS) is 24.9. The SMILES string of the molecule is CNCc1ccc(S(=O)(=O)N2CCCC2C2CCCC2)o1. The van der Waals surface area contributed by atoms with Gasteiger partial charge in [-0.25, -0.2) is 8.42 Å². The predicted molar refractivity (Wildman–Crippen MR) is 80.3 cm³/mol. The molecule has 0 spiro atoms. The third kappa shape index (κ3) is 2.89. The van der Waals surface area contributed by atoms with Crippen molar-refractivity contribution in [3.63, 3.8) is 0 Å². The molecule has 1 aliphatic carbocycles. The Bertz CT molecular complexity index is 575. The molecule has 0 amide bonds. The Kier molecular flexibility index (Phi) is 4.38. The molecule has 1 atom stereocenters. The standard InChI is InChI=1S/C15H24N2O3S/c1-16-11-13-8-9-15(20-13)21(18,19)17-10-4-7-14(17)12-5-2-3-6-12/h8-9,12,14,16H,2-7,10-11H2,1H3. The molecular formula is C15H24N2O3S. The maximum absolute atomic E-state index is 12.8. The number of hydrogen-bond donors (Lipinski definition) is 1. The molecule has 21 heavy (non-hydrogen) atoms. The molecule has 0 bridgehead atoms. The van der Waals surface area contributed by atoms with Crippen molar-refractivity contribution in [3.05, 3.63) is 17.9 Å². The number of rotatable bonds is 5. The smallest absolute Gasteiger partial charge is 0.276 e. The van der Waals surface area contributed by atoms with Crippen LogP contribution in [0.3, 0.4) is 0 Å². The topological polar surface area (TPSA) is 62.6 Å². The van der Waals surface area contributed by atoms with E-state index in [1.807, 2.05) is 7.05 Å². The van der Waals surface area contributed by atoms with Crippen molar-refractivity contribution in [2.24, 2.45) is 5.92 Å². The molecule has 5 nitrogen and oxygen atoms in total. The van der Waals surface area contributed by atoms with E-state index in [9.17, 15) is 8.42 Å². The summed E-state index contributed by atoms with van der Waals surface area (Å²) in [5.74, 6) is 1.20. The van der Waals surface area contributed by atoms with Crippen molar-refractivity contribution in [2.75, 3.05) is 13.6 Å². The van der Waals surface area contributed by atoms with E-state index in [2.05, 4.69) is 5.32 Å². The third-order valence-corrected chi connectivity index (χ3v) is 6.54. The number of hydrogen-bond acceptors (Lipinski definition) is 4. The highest BCUT2D eigenvalue weighted by Gasteiger charge is 2.41. The molecule has 1 N–H and O–H groups in total. The lowest BCUT2D eigenvalue weighted by Crippen LogP contribution is -2.39. The van der Waals surface area contributed by atoms with Gasteiger partial charge in [-0.1, -0.05) is 12.8 Å². The highest BCUT2D eigenvalue weighted by atomic mass is 32.2. The van der Waals surface area contributed by atoms with Crippen LogP contribution in [0.15, 0.2) is 21.6 Å². The highest BCUT2D eigenvalue weighted by molar-refractivity contribution is 7.89. The van der Waals surface area contributed by atoms with Crippen LogP contribution in [0.4, 0.5) is 0 Å². The van der Waals surface area contributed by atoms with E-state index < -0.39 is 10.0 Å². The second-order valence-corrected chi connectivity index (χ2v) is 7.94. The first-order valence-corrected chi connectivity index (χ1v) is 9.32. The van der Waals surface area contributed by atoms with Gasteiger partial charge in [0.05, 0.1) is 6.54 Å². The van der Waals surface area contributed by atoms with Gasteiger partial charge in [0, 0.05) is 12.6 Å². The van der Waals surface area contributed by atoms with Gasteiger partial charge in [-0.15, -0.1) is 0 Å².